The van der Waals surface area contributed by atoms with E-state index in [0.29, 0.717) is 13.2 Å². The smallest absolute Gasteiger partial charge is 0.183 e. The minimum absolute atomic E-state index is 0. The fourth-order valence-electron chi connectivity index (χ4n) is 0. The van der Waals surface area contributed by atoms with Gasteiger partial charge in [0, 0.05) is 13.2 Å². The van der Waals surface area contributed by atoms with Gasteiger partial charge in [0.25, 0.3) is 0 Å². The van der Waals surface area contributed by atoms with Crippen LogP contribution in [0.15, 0.2) is 0 Å². The van der Waals surface area contributed by atoms with Crippen LogP contribution in [-0.2, 0) is 0 Å². The van der Waals surface area contributed by atoms with Gasteiger partial charge in [-0.1, -0.05) is 13.8 Å². The molecule has 0 heterocycles. The van der Waals surface area contributed by atoms with Crippen LogP contribution < -0.4 is 22.9 Å². The van der Waals surface area contributed by atoms with Crippen molar-refractivity contribution in [2.75, 3.05) is 13.2 Å². The number of hydrogen-bond acceptors (Lipinski definition) is 4. The Hall–Kier alpha value is -1.25. The standard InChI is InChI=1S/2C3H8O.2CH5N3.ClH/c2*1-2-3-4;2*2-1(3)4;/h2*4H,2-3H2,1H3;2*(H5,2,3,4);1H. The Morgan fingerprint density at radius 3 is 0.882 bits per heavy atom. The zero-order valence-electron chi connectivity index (χ0n) is 10.4. The maximum atomic E-state index is 7.88. The zero-order valence-corrected chi connectivity index (χ0v) is 11.3. The second kappa shape index (κ2) is 36.4. The van der Waals surface area contributed by atoms with E-state index in [4.69, 9.17) is 21.0 Å². The van der Waals surface area contributed by atoms with Crippen LogP contribution >= 0.6 is 12.4 Å². The van der Waals surface area contributed by atoms with Crippen LogP contribution in [0.1, 0.15) is 26.7 Å². The van der Waals surface area contributed by atoms with Gasteiger partial charge in [0.1, 0.15) is 0 Å². The van der Waals surface area contributed by atoms with Crippen LogP contribution in [0.3, 0.4) is 0 Å². The van der Waals surface area contributed by atoms with Crippen LogP contribution in [0.25, 0.3) is 0 Å². The number of halogens is 1. The van der Waals surface area contributed by atoms with Crippen LogP contribution in [0.2, 0.25) is 0 Å². The van der Waals surface area contributed by atoms with Gasteiger partial charge in [-0.05, 0) is 12.8 Å². The van der Waals surface area contributed by atoms with E-state index in [2.05, 4.69) is 22.9 Å². The van der Waals surface area contributed by atoms with E-state index < -0.39 is 0 Å². The third-order valence-corrected chi connectivity index (χ3v) is 0.447. The second-order valence-electron chi connectivity index (χ2n) is 2.36. The Bertz CT molecular complexity index is 120. The molecule has 0 spiro atoms. The molecule has 0 unspecified atom stereocenters. The Kier molecular flexibility index (Phi) is 63.5. The summed E-state index contributed by atoms with van der Waals surface area (Å²) in [6, 6.07) is 0. The molecule has 0 amide bonds. The molecule has 17 heavy (non-hydrogen) atoms. The quantitative estimate of drug-likeness (QED) is 0.232. The predicted molar refractivity (Wildman–Crippen MR) is 74.2 cm³/mol. The summed E-state index contributed by atoms with van der Waals surface area (Å²) in [5, 5.41) is 27.9. The minimum Gasteiger partial charge on any atom is -0.396 e. The molecule has 0 saturated heterocycles. The molecule has 0 saturated carbocycles. The van der Waals surface area contributed by atoms with Gasteiger partial charge in [-0.25, -0.2) is 0 Å². The van der Waals surface area contributed by atoms with Gasteiger partial charge in [-0.2, -0.15) is 0 Å². The van der Waals surface area contributed by atoms with Crippen molar-refractivity contribution in [1.82, 2.24) is 0 Å². The van der Waals surface area contributed by atoms with Gasteiger partial charge in [0.05, 0.1) is 0 Å². The van der Waals surface area contributed by atoms with Crippen molar-refractivity contribution < 1.29 is 10.2 Å². The normalized spacial score (nSPS) is 6.35. The molecule has 0 atom stereocenters. The molecule has 0 radical (unpaired) electrons. The van der Waals surface area contributed by atoms with Crippen LogP contribution in [0.5, 0.6) is 0 Å². The lowest BCUT2D eigenvalue weighted by Gasteiger charge is -1.69. The molecule has 0 aliphatic carbocycles. The van der Waals surface area contributed by atoms with E-state index in [0.717, 1.165) is 12.8 Å². The summed E-state index contributed by atoms with van der Waals surface area (Å²) in [5.74, 6) is -0.667. The molecule has 0 aliphatic heterocycles. The van der Waals surface area contributed by atoms with Crippen molar-refractivity contribution >= 4 is 24.3 Å². The van der Waals surface area contributed by atoms with E-state index in [1.54, 1.807) is 0 Å². The molecule has 0 aromatic rings. The maximum Gasteiger partial charge on any atom is 0.183 e. The SMILES string of the molecule is CCCO.CCCO.Cl.N=C(N)N.N=C(N)N. The third-order valence-electron chi connectivity index (χ3n) is 0.447. The van der Waals surface area contributed by atoms with Gasteiger partial charge < -0.3 is 33.1 Å². The van der Waals surface area contributed by atoms with Crippen molar-refractivity contribution in [2.24, 2.45) is 22.9 Å². The highest BCUT2D eigenvalue weighted by molar-refractivity contribution is 5.85. The highest BCUT2D eigenvalue weighted by Crippen LogP contribution is 1.61. The number of aliphatic hydroxyl groups is 2. The number of guanidine groups is 2. The average molecular weight is 275 g/mol. The number of nitrogens with one attached hydrogen (secondary N) is 2. The molecular formula is C8H27ClN6O2. The molecule has 0 rings (SSSR count). The van der Waals surface area contributed by atoms with E-state index in [9.17, 15) is 0 Å². The van der Waals surface area contributed by atoms with E-state index in [1.807, 2.05) is 13.8 Å². The number of rotatable bonds is 2. The molecule has 9 heteroatoms. The molecule has 0 aromatic carbocycles. The van der Waals surface area contributed by atoms with E-state index >= 15 is 0 Å². The Morgan fingerprint density at radius 1 is 0.824 bits per heavy atom. The average Bonchev–Trinajstić information content (AvgIpc) is 2.16. The Morgan fingerprint density at radius 2 is 0.882 bits per heavy atom. The summed E-state index contributed by atoms with van der Waals surface area (Å²) in [6.07, 6.45) is 1.75. The summed E-state index contributed by atoms with van der Waals surface area (Å²) in [5.41, 5.74) is 17.9. The summed E-state index contributed by atoms with van der Waals surface area (Å²) in [6.45, 7) is 4.50. The largest absolute Gasteiger partial charge is 0.396 e. The number of hydrogen-bond donors (Lipinski definition) is 8. The highest BCUT2D eigenvalue weighted by atomic mass is 35.5. The Labute approximate surface area is 109 Å². The second-order valence-corrected chi connectivity index (χ2v) is 2.36. The summed E-state index contributed by atoms with van der Waals surface area (Å²) in [7, 11) is 0. The Balaban J connectivity index is -0.0000000369. The first-order chi connectivity index (χ1) is 7.29. The molecule has 0 fully saturated rings. The van der Waals surface area contributed by atoms with Gasteiger partial charge in [-0.3, -0.25) is 10.8 Å². The fourth-order valence-corrected chi connectivity index (χ4v) is 0. The van der Waals surface area contributed by atoms with Crippen molar-refractivity contribution in [3.63, 3.8) is 0 Å². The molecule has 108 valence electrons. The van der Waals surface area contributed by atoms with Gasteiger partial charge in [0.2, 0.25) is 0 Å². The van der Waals surface area contributed by atoms with Crippen LogP contribution in [0.4, 0.5) is 0 Å². The van der Waals surface area contributed by atoms with Gasteiger partial charge in [0.15, 0.2) is 11.9 Å². The molecule has 0 aliphatic rings. The van der Waals surface area contributed by atoms with Crippen LogP contribution in [0, 0.1) is 10.8 Å². The number of nitrogens with two attached hydrogens (primary N) is 4. The number of aliphatic hydroxyl groups excluding tert-OH is 2. The molecular weight excluding hydrogens is 248 g/mol. The predicted octanol–water partition coefficient (Wildman–Crippen LogP) is -1.12. The third kappa shape index (κ3) is 4260. The lowest BCUT2D eigenvalue weighted by Crippen LogP contribution is -2.20. The molecule has 0 aromatic heterocycles. The van der Waals surface area contributed by atoms with Gasteiger partial charge >= 0.3 is 0 Å². The monoisotopic (exact) mass is 274 g/mol. The fraction of sp³-hybridized carbons (Fsp3) is 0.750. The summed E-state index contributed by atoms with van der Waals surface area (Å²) < 4.78 is 0. The molecule has 8 nitrogen and oxygen atoms in total. The van der Waals surface area contributed by atoms with Crippen molar-refractivity contribution in [3.8, 4) is 0 Å². The topological polar surface area (TPSA) is 192 Å². The van der Waals surface area contributed by atoms with E-state index in [-0.39, 0.29) is 24.3 Å². The van der Waals surface area contributed by atoms with Crippen molar-refractivity contribution in [1.29, 1.82) is 10.8 Å². The first-order valence-corrected chi connectivity index (χ1v) is 4.70. The molecule has 0 bridgehead atoms. The first-order valence-electron chi connectivity index (χ1n) is 4.70. The summed E-state index contributed by atoms with van der Waals surface area (Å²) in [4.78, 5) is 0. The lowest BCUT2D eigenvalue weighted by molar-refractivity contribution is 0.294. The van der Waals surface area contributed by atoms with Crippen molar-refractivity contribution in [2.45, 2.75) is 26.7 Å². The first kappa shape index (κ1) is 29.7. The van der Waals surface area contributed by atoms with Crippen LogP contribution in [-0.4, -0.2) is 35.3 Å². The summed E-state index contributed by atoms with van der Waals surface area (Å²) >= 11 is 0. The van der Waals surface area contributed by atoms with Crippen molar-refractivity contribution in [3.05, 3.63) is 0 Å². The maximum absolute atomic E-state index is 7.88. The lowest BCUT2D eigenvalue weighted by atomic mass is 10.5. The highest BCUT2D eigenvalue weighted by Gasteiger charge is 1.57. The zero-order chi connectivity index (χ0) is 14.0. The molecule has 12 N–H and O–H groups in total. The van der Waals surface area contributed by atoms with Gasteiger partial charge in [-0.15, -0.1) is 12.4 Å². The minimum atomic E-state index is -0.333. The van der Waals surface area contributed by atoms with E-state index in [1.165, 1.54) is 0 Å².